The molecule has 4 N–H and O–H groups in total. The molecule has 0 spiro atoms. The zero-order chi connectivity index (χ0) is 27.1. The van der Waals surface area contributed by atoms with E-state index in [9.17, 15) is 14.4 Å². The number of nitrogens with one attached hydrogen (secondary N) is 3. The fraction of sp³-hybridized carbons (Fsp3) is 0.250. The predicted molar refractivity (Wildman–Crippen MR) is 150 cm³/mol. The topological polar surface area (TPSA) is 120 Å². The van der Waals surface area contributed by atoms with Crippen LogP contribution in [0.1, 0.15) is 28.8 Å². The van der Waals surface area contributed by atoms with E-state index in [1.807, 2.05) is 29.2 Å². The van der Waals surface area contributed by atoms with E-state index in [4.69, 9.17) is 9.84 Å². The zero-order valence-corrected chi connectivity index (χ0v) is 22.5. The van der Waals surface area contributed by atoms with E-state index in [1.54, 1.807) is 42.5 Å². The number of carbonyl (C=O) groups excluding carboxylic acids is 2. The number of benzene rings is 3. The van der Waals surface area contributed by atoms with Crippen LogP contribution in [0.15, 0.2) is 71.2 Å². The summed E-state index contributed by atoms with van der Waals surface area (Å²) < 4.78 is 6.24. The molecular weight excluding hydrogens is 552 g/mol. The van der Waals surface area contributed by atoms with Crippen molar-refractivity contribution in [3.63, 3.8) is 0 Å². The molecule has 9 nitrogen and oxygen atoms in total. The third-order valence-electron chi connectivity index (χ3n) is 6.36. The van der Waals surface area contributed by atoms with E-state index in [2.05, 4.69) is 31.9 Å². The second kappa shape index (κ2) is 12.5. The molecule has 0 bridgehead atoms. The maximum absolute atomic E-state index is 13.2. The largest absolute Gasteiger partial charge is 0.495 e. The summed E-state index contributed by atoms with van der Waals surface area (Å²) in [6.07, 6.45) is 2.03. The van der Waals surface area contributed by atoms with E-state index in [-0.39, 0.29) is 23.9 Å². The quantitative estimate of drug-likeness (QED) is 0.267. The number of carbonyl (C=O) groups is 3. The summed E-state index contributed by atoms with van der Waals surface area (Å²) in [7, 11) is 1.52. The monoisotopic (exact) mass is 580 g/mol. The number of carboxylic acids is 1. The molecule has 1 fully saturated rings. The standard InChI is InChI=1S/C28H29BrN4O5/c1-38-25-15-18(8-13-24(25)32-28(37)31-23-7-3-2-6-22(23)29)16-26(34)33-14-4-5-21(33)17-30-20-11-9-19(10-12-20)27(35)36/h2-3,6-13,15,21,30H,4-5,14,16-17H2,1H3,(H,35,36)(H2,31,32,37)/t21-/m0/s1. The van der Waals surface area contributed by atoms with Gasteiger partial charge in [-0.15, -0.1) is 0 Å². The first-order chi connectivity index (χ1) is 18.3. The van der Waals surface area contributed by atoms with Crippen molar-refractivity contribution in [3.05, 3.63) is 82.3 Å². The van der Waals surface area contributed by atoms with Gasteiger partial charge < -0.3 is 30.7 Å². The van der Waals surface area contributed by atoms with E-state index in [0.717, 1.165) is 28.6 Å². The second-order valence-electron chi connectivity index (χ2n) is 8.92. The number of nitrogens with zero attached hydrogens (tertiary/aromatic N) is 1. The number of amides is 3. The number of para-hydroxylation sites is 1. The zero-order valence-electron chi connectivity index (χ0n) is 20.9. The van der Waals surface area contributed by atoms with Gasteiger partial charge in [0, 0.05) is 29.3 Å². The predicted octanol–water partition coefficient (Wildman–Crippen LogP) is 5.45. The molecular formula is C28H29BrN4O5. The first-order valence-electron chi connectivity index (χ1n) is 12.2. The number of hydrogen-bond donors (Lipinski definition) is 4. The summed E-state index contributed by atoms with van der Waals surface area (Å²) >= 11 is 3.41. The summed E-state index contributed by atoms with van der Waals surface area (Å²) in [5.74, 6) is -0.486. The summed E-state index contributed by atoms with van der Waals surface area (Å²) in [6.45, 7) is 1.27. The molecule has 1 saturated heterocycles. The number of ether oxygens (including phenoxy) is 1. The molecule has 0 aliphatic carbocycles. The lowest BCUT2D eigenvalue weighted by Crippen LogP contribution is -2.40. The average Bonchev–Trinajstić information content (AvgIpc) is 3.39. The van der Waals surface area contributed by atoms with Gasteiger partial charge >= 0.3 is 12.0 Å². The van der Waals surface area contributed by atoms with Gasteiger partial charge in [0.2, 0.25) is 5.91 Å². The maximum Gasteiger partial charge on any atom is 0.335 e. The van der Waals surface area contributed by atoms with Crippen molar-refractivity contribution < 1.29 is 24.2 Å². The van der Waals surface area contributed by atoms with Gasteiger partial charge in [0.1, 0.15) is 5.75 Å². The lowest BCUT2D eigenvalue weighted by atomic mass is 10.1. The Bertz CT molecular complexity index is 1310. The number of carboxylic acid groups (broad SMARTS) is 1. The Balaban J connectivity index is 1.34. The molecule has 3 aromatic rings. The number of aromatic carboxylic acids is 1. The Morgan fingerprint density at radius 3 is 2.47 bits per heavy atom. The van der Waals surface area contributed by atoms with Gasteiger partial charge in [-0.1, -0.05) is 18.2 Å². The Labute approximate surface area is 229 Å². The number of halogens is 1. The molecule has 1 heterocycles. The van der Waals surface area contributed by atoms with Crippen molar-refractivity contribution in [2.45, 2.75) is 25.3 Å². The molecule has 198 valence electrons. The average molecular weight is 581 g/mol. The smallest absolute Gasteiger partial charge is 0.335 e. The van der Waals surface area contributed by atoms with Crippen LogP contribution in [-0.4, -0.2) is 54.2 Å². The van der Waals surface area contributed by atoms with Crippen LogP contribution in [0.5, 0.6) is 5.75 Å². The third-order valence-corrected chi connectivity index (χ3v) is 7.05. The molecule has 3 amide bonds. The van der Waals surface area contributed by atoms with Crippen molar-refractivity contribution in [1.29, 1.82) is 0 Å². The van der Waals surface area contributed by atoms with Crippen LogP contribution in [0.3, 0.4) is 0 Å². The van der Waals surface area contributed by atoms with Gasteiger partial charge in [-0.25, -0.2) is 9.59 Å². The highest BCUT2D eigenvalue weighted by atomic mass is 79.9. The van der Waals surface area contributed by atoms with Crippen LogP contribution in [0.4, 0.5) is 21.9 Å². The molecule has 4 rings (SSSR count). The van der Waals surface area contributed by atoms with E-state index < -0.39 is 12.0 Å². The summed E-state index contributed by atoms with van der Waals surface area (Å²) in [5, 5.41) is 17.9. The second-order valence-corrected chi connectivity index (χ2v) is 9.77. The van der Waals surface area contributed by atoms with Crippen molar-refractivity contribution in [2.24, 2.45) is 0 Å². The van der Waals surface area contributed by atoms with Crippen LogP contribution in [0, 0.1) is 0 Å². The van der Waals surface area contributed by atoms with Crippen LogP contribution < -0.4 is 20.7 Å². The fourth-order valence-electron chi connectivity index (χ4n) is 4.41. The van der Waals surface area contributed by atoms with Crippen molar-refractivity contribution in [1.82, 2.24) is 4.90 Å². The molecule has 3 aromatic carbocycles. The Hall–Kier alpha value is -4.05. The number of hydrogen-bond acceptors (Lipinski definition) is 5. The Morgan fingerprint density at radius 1 is 1.03 bits per heavy atom. The minimum Gasteiger partial charge on any atom is -0.495 e. The number of anilines is 3. The van der Waals surface area contributed by atoms with Gasteiger partial charge in [-0.05, 0) is 82.9 Å². The number of likely N-dealkylation sites (tertiary alicyclic amines) is 1. The Morgan fingerprint density at radius 2 is 1.76 bits per heavy atom. The molecule has 0 aromatic heterocycles. The normalized spacial score (nSPS) is 14.6. The molecule has 1 atom stereocenters. The van der Waals surface area contributed by atoms with E-state index >= 15 is 0 Å². The van der Waals surface area contributed by atoms with Crippen molar-refractivity contribution in [2.75, 3.05) is 36.1 Å². The molecule has 0 saturated carbocycles. The van der Waals surface area contributed by atoms with Crippen LogP contribution in [-0.2, 0) is 11.2 Å². The van der Waals surface area contributed by atoms with E-state index in [0.29, 0.717) is 30.2 Å². The first-order valence-corrected chi connectivity index (χ1v) is 13.0. The first kappa shape index (κ1) is 27.0. The lowest BCUT2D eigenvalue weighted by Gasteiger charge is -2.25. The molecule has 1 aliphatic rings. The highest BCUT2D eigenvalue weighted by molar-refractivity contribution is 9.10. The van der Waals surface area contributed by atoms with Gasteiger partial charge in [-0.3, -0.25) is 4.79 Å². The fourth-order valence-corrected chi connectivity index (χ4v) is 4.79. The number of methoxy groups -OCH3 is 1. The van der Waals surface area contributed by atoms with Gasteiger partial charge in [-0.2, -0.15) is 0 Å². The van der Waals surface area contributed by atoms with Gasteiger partial charge in [0.15, 0.2) is 0 Å². The van der Waals surface area contributed by atoms with Crippen molar-refractivity contribution in [3.8, 4) is 5.75 Å². The van der Waals surface area contributed by atoms with Crippen LogP contribution in [0.2, 0.25) is 0 Å². The van der Waals surface area contributed by atoms with Crippen molar-refractivity contribution >= 4 is 50.9 Å². The maximum atomic E-state index is 13.2. The van der Waals surface area contributed by atoms with Crippen LogP contribution in [0.25, 0.3) is 0 Å². The summed E-state index contributed by atoms with van der Waals surface area (Å²) in [6, 6.07) is 18.8. The minimum absolute atomic E-state index is 0.0185. The van der Waals surface area contributed by atoms with Gasteiger partial charge in [0.25, 0.3) is 0 Å². The highest BCUT2D eigenvalue weighted by Gasteiger charge is 2.28. The lowest BCUT2D eigenvalue weighted by molar-refractivity contribution is -0.131. The Kier molecular flexibility index (Phi) is 8.85. The van der Waals surface area contributed by atoms with Gasteiger partial charge in [0.05, 0.1) is 30.5 Å². The SMILES string of the molecule is COc1cc(CC(=O)N2CCC[C@H]2CNc2ccc(C(=O)O)cc2)ccc1NC(=O)Nc1ccccc1Br. The van der Waals surface area contributed by atoms with Crippen LogP contribution >= 0.6 is 15.9 Å². The number of urea groups is 1. The molecule has 0 radical (unpaired) electrons. The molecule has 10 heteroatoms. The van der Waals surface area contributed by atoms with E-state index in [1.165, 1.54) is 7.11 Å². The summed E-state index contributed by atoms with van der Waals surface area (Å²) in [4.78, 5) is 38.6. The number of rotatable bonds is 9. The highest BCUT2D eigenvalue weighted by Crippen LogP contribution is 2.28. The summed E-state index contributed by atoms with van der Waals surface area (Å²) in [5.41, 5.74) is 2.95. The minimum atomic E-state index is -0.965. The third kappa shape index (κ3) is 6.83. The molecule has 0 unspecified atom stereocenters. The molecule has 1 aliphatic heterocycles. The molecule has 38 heavy (non-hydrogen) atoms.